The minimum absolute atomic E-state index is 0.0127. The molecule has 0 aliphatic carbocycles. The molecule has 7 heteroatoms. The highest BCUT2D eigenvalue weighted by Crippen LogP contribution is 2.20. The molecular weight excluding hydrogens is 314 g/mol. The van der Waals surface area contributed by atoms with Gasteiger partial charge < -0.3 is 5.32 Å². The molecule has 1 fully saturated rings. The van der Waals surface area contributed by atoms with E-state index in [2.05, 4.69) is 17.1 Å². The van der Waals surface area contributed by atoms with Crippen LogP contribution < -0.4 is 10.5 Å². The molecular formula is C16H25N3O3S. The lowest BCUT2D eigenvalue weighted by Gasteiger charge is -2.23. The maximum absolute atomic E-state index is 12.4. The van der Waals surface area contributed by atoms with Gasteiger partial charge in [-0.3, -0.25) is 9.69 Å². The summed E-state index contributed by atoms with van der Waals surface area (Å²) in [6.45, 7) is 8.19. The number of primary sulfonamides is 1. The van der Waals surface area contributed by atoms with E-state index < -0.39 is 10.0 Å². The van der Waals surface area contributed by atoms with E-state index in [1.54, 1.807) is 19.9 Å². The number of sulfonamides is 1. The van der Waals surface area contributed by atoms with Crippen molar-refractivity contribution in [2.24, 2.45) is 5.14 Å². The summed E-state index contributed by atoms with van der Waals surface area (Å²) in [6, 6.07) is 3.42. The molecule has 1 aromatic rings. The molecule has 1 heterocycles. The van der Waals surface area contributed by atoms with Gasteiger partial charge in [-0.1, -0.05) is 6.92 Å². The number of rotatable bonds is 5. The normalized spacial score (nSPS) is 19.0. The van der Waals surface area contributed by atoms with E-state index in [-0.39, 0.29) is 10.8 Å². The zero-order chi connectivity index (χ0) is 17.2. The zero-order valence-electron chi connectivity index (χ0n) is 13.9. The third kappa shape index (κ3) is 4.10. The number of carbonyl (C=O) groups is 1. The van der Waals surface area contributed by atoms with Crippen molar-refractivity contribution < 1.29 is 13.2 Å². The van der Waals surface area contributed by atoms with Crippen LogP contribution in [0.1, 0.15) is 41.3 Å². The van der Waals surface area contributed by atoms with Crippen molar-refractivity contribution in [3.05, 3.63) is 28.8 Å². The smallest absolute Gasteiger partial charge is 0.251 e. The van der Waals surface area contributed by atoms with Gasteiger partial charge in [-0.25, -0.2) is 13.6 Å². The highest BCUT2D eigenvalue weighted by Gasteiger charge is 2.24. The summed E-state index contributed by atoms with van der Waals surface area (Å²) in [5.74, 6) is -0.263. The molecule has 1 aliphatic rings. The van der Waals surface area contributed by atoms with Crippen LogP contribution in [0.4, 0.5) is 0 Å². The van der Waals surface area contributed by atoms with E-state index in [1.165, 1.54) is 6.07 Å². The molecule has 0 saturated carbocycles. The van der Waals surface area contributed by atoms with Crippen LogP contribution >= 0.6 is 0 Å². The largest absolute Gasteiger partial charge is 0.350 e. The fourth-order valence-corrected chi connectivity index (χ4v) is 3.99. The average molecular weight is 339 g/mol. The SMILES string of the molecule is CCN1CCC[C@H]1CNC(=O)c1cc(C)c(C)c(S(N)(=O)=O)c1. The topological polar surface area (TPSA) is 92.5 Å². The van der Waals surface area contributed by atoms with Crippen LogP contribution in [0.5, 0.6) is 0 Å². The van der Waals surface area contributed by atoms with Crippen molar-refractivity contribution in [3.63, 3.8) is 0 Å². The fraction of sp³-hybridized carbons (Fsp3) is 0.562. The number of likely N-dealkylation sites (N-methyl/N-ethyl adjacent to an activating group) is 1. The van der Waals surface area contributed by atoms with E-state index in [1.807, 2.05) is 0 Å². The molecule has 1 atom stereocenters. The molecule has 23 heavy (non-hydrogen) atoms. The Morgan fingerprint density at radius 2 is 2.09 bits per heavy atom. The second kappa shape index (κ2) is 6.98. The Morgan fingerprint density at radius 1 is 1.39 bits per heavy atom. The second-order valence-electron chi connectivity index (χ2n) is 6.10. The first kappa shape index (κ1) is 17.9. The van der Waals surface area contributed by atoms with Gasteiger partial charge in [0.05, 0.1) is 4.90 Å². The van der Waals surface area contributed by atoms with E-state index in [0.717, 1.165) is 31.5 Å². The van der Waals surface area contributed by atoms with Crippen LogP contribution in [0.2, 0.25) is 0 Å². The minimum Gasteiger partial charge on any atom is -0.350 e. The standard InChI is InChI=1S/C16H25N3O3S/c1-4-19-7-5-6-14(19)10-18-16(20)13-8-11(2)12(3)15(9-13)23(17,21)22/h8-9,14H,4-7,10H2,1-3H3,(H,18,20)(H2,17,21,22)/t14-/m0/s1. The van der Waals surface area contributed by atoms with Crippen molar-refractivity contribution in [2.75, 3.05) is 19.6 Å². The number of nitrogens with one attached hydrogen (secondary N) is 1. The summed E-state index contributed by atoms with van der Waals surface area (Å²) in [5, 5.41) is 8.15. The molecule has 2 rings (SSSR count). The number of amides is 1. The van der Waals surface area contributed by atoms with Gasteiger partial charge in [-0.15, -0.1) is 0 Å². The summed E-state index contributed by atoms with van der Waals surface area (Å²) in [4.78, 5) is 14.7. The van der Waals surface area contributed by atoms with Gasteiger partial charge in [0.2, 0.25) is 10.0 Å². The maximum atomic E-state index is 12.4. The molecule has 1 aromatic carbocycles. The van der Waals surface area contributed by atoms with Crippen molar-refractivity contribution >= 4 is 15.9 Å². The summed E-state index contributed by atoms with van der Waals surface area (Å²) in [5.41, 5.74) is 1.65. The molecule has 6 nitrogen and oxygen atoms in total. The van der Waals surface area contributed by atoms with Crippen LogP contribution in [-0.4, -0.2) is 44.9 Å². The number of benzene rings is 1. The van der Waals surface area contributed by atoms with Gasteiger partial charge in [-0.05, 0) is 63.0 Å². The number of carbonyl (C=O) groups excluding carboxylic acids is 1. The van der Waals surface area contributed by atoms with Gasteiger partial charge in [0, 0.05) is 18.2 Å². The predicted molar refractivity (Wildman–Crippen MR) is 89.9 cm³/mol. The van der Waals surface area contributed by atoms with Crippen molar-refractivity contribution in [1.29, 1.82) is 0 Å². The highest BCUT2D eigenvalue weighted by molar-refractivity contribution is 7.89. The zero-order valence-corrected chi connectivity index (χ0v) is 14.7. The Balaban J connectivity index is 2.15. The highest BCUT2D eigenvalue weighted by atomic mass is 32.2. The number of nitrogens with two attached hydrogens (primary N) is 1. The Morgan fingerprint density at radius 3 is 2.70 bits per heavy atom. The number of aryl methyl sites for hydroxylation is 1. The third-order valence-corrected chi connectivity index (χ3v) is 5.63. The Labute approximate surface area is 138 Å². The molecule has 0 radical (unpaired) electrons. The molecule has 0 spiro atoms. The van der Waals surface area contributed by atoms with E-state index in [0.29, 0.717) is 23.7 Å². The second-order valence-corrected chi connectivity index (χ2v) is 7.63. The van der Waals surface area contributed by atoms with Gasteiger partial charge >= 0.3 is 0 Å². The maximum Gasteiger partial charge on any atom is 0.251 e. The average Bonchev–Trinajstić information content (AvgIpc) is 2.93. The number of likely N-dealkylation sites (tertiary alicyclic amines) is 1. The summed E-state index contributed by atoms with van der Waals surface area (Å²) in [7, 11) is -3.84. The van der Waals surface area contributed by atoms with Gasteiger partial charge in [0.25, 0.3) is 5.91 Å². The van der Waals surface area contributed by atoms with E-state index in [4.69, 9.17) is 5.14 Å². The lowest BCUT2D eigenvalue weighted by atomic mass is 10.1. The van der Waals surface area contributed by atoms with Crippen molar-refractivity contribution in [3.8, 4) is 0 Å². The molecule has 128 valence electrons. The van der Waals surface area contributed by atoms with Gasteiger partial charge in [0.15, 0.2) is 0 Å². The van der Waals surface area contributed by atoms with E-state index in [9.17, 15) is 13.2 Å². The summed E-state index contributed by atoms with van der Waals surface area (Å²) < 4.78 is 23.3. The Kier molecular flexibility index (Phi) is 5.44. The van der Waals surface area contributed by atoms with Gasteiger partial charge in [-0.2, -0.15) is 0 Å². The van der Waals surface area contributed by atoms with Crippen LogP contribution in [0.15, 0.2) is 17.0 Å². The lowest BCUT2D eigenvalue weighted by molar-refractivity contribution is 0.0941. The third-order valence-electron chi connectivity index (χ3n) is 4.59. The van der Waals surface area contributed by atoms with Gasteiger partial charge in [0.1, 0.15) is 0 Å². The summed E-state index contributed by atoms with van der Waals surface area (Å²) >= 11 is 0. The monoisotopic (exact) mass is 339 g/mol. The Bertz CT molecular complexity index is 701. The Hall–Kier alpha value is -1.44. The molecule has 1 amide bonds. The quantitative estimate of drug-likeness (QED) is 0.842. The van der Waals surface area contributed by atoms with Crippen LogP contribution in [-0.2, 0) is 10.0 Å². The molecule has 0 unspecified atom stereocenters. The number of hydrogen-bond donors (Lipinski definition) is 2. The minimum atomic E-state index is -3.84. The molecule has 1 saturated heterocycles. The number of hydrogen-bond acceptors (Lipinski definition) is 4. The first-order valence-electron chi connectivity index (χ1n) is 7.90. The molecule has 0 bridgehead atoms. The molecule has 0 aromatic heterocycles. The van der Waals surface area contributed by atoms with Crippen molar-refractivity contribution in [2.45, 2.75) is 44.6 Å². The molecule has 3 N–H and O–H groups in total. The summed E-state index contributed by atoms with van der Waals surface area (Å²) in [6.07, 6.45) is 2.22. The first-order chi connectivity index (χ1) is 10.7. The fourth-order valence-electron chi connectivity index (χ4n) is 3.11. The van der Waals surface area contributed by atoms with Crippen LogP contribution in [0, 0.1) is 13.8 Å². The lowest BCUT2D eigenvalue weighted by Crippen LogP contribution is -2.40. The van der Waals surface area contributed by atoms with E-state index >= 15 is 0 Å². The predicted octanol–water partition coefficient (Wildman–Crippen LogP) is 1.16. The van der Waals surface area contributed by atoms with Crippen LogP contribution in [0.25, 0.3) is 0 Å². The number of nitrogens with zero attached hydrogens (tertiary/aromatic N) is 1. The van der Waals surface area contributed by atoms with Crippen molar-refractivity contribution in [1.82, 2.24) is 10.2 Å². The molecule has 1 aliphatic heterocycles. The first-order valence-corrected chi connectivity index (χ1v) is 9.45. The van der Waals surface area contributed by atoms with Crippen LogP contribution in [0.3, 0.4) is 0 Å².